The Morgan fingerprint density at radius 3 is 2.37 bits per heavy atom. The summed E-state index contributed by atoms with van der Waals surface area (Å²) in [5.74, 6) is -7.79. The summed E-state index contributed by atoms with van der Waals surface area (Å²) in [5.41, 5.74) is -3.60. The van der Waals surface area contributed by atoms with Crippen LogP contribution in [0.1, 0.15) is 23.2 Å². The molecule has 2 atom stereocenters. The highest BCUT2D eigenvalue weighted by atomic mass is 19.4. The molecule has 41 heavy (non-hydrogen) atoms. The second kappa shape index (κ2) is 10.1. The Balaban J connectivity index is 1.67. The van der Waals surface area contributed by atoms with E-state index in [1.54, 1.807) is 5.32 Å². The molecule has 1 saturated carbocycles. The number of nitrogens with one attached hydrogen (secondary N) is 1. The second-order valence-electron chi connectivity index (χ2n) is 9.34. The molecular weight excluding hydrogens is 566 g/mol. The van der Waals surface area contributed by atoms with Gasteiger partial charge in [-0.1, -0.05) is 0 Å². The quantitative estimate of drug-likeness (QED) is 0.349. The van der Waals surface area contributed by atoms with Gasteiger partial charge in [0.15, 0.2) is 17.3 Å². The maximum atomic E-state index is 14.9. The number of amides is 2. The molecule has 0 bridgehead atoms. The maximum Gasteiger partial charge on any atom is 0.416 e. The SMILES string of the molecule is COC(=O)[C@H]1CN(c2ccc3c(=O)c(C(=O)N[C@@H](C4CC4)C(F)(F)F)cn(-c4c(F)cc(F)cc4F)c3n2)C(=O)O1. The van der Waals surface area contributed by atoms with Crippen molar-refractivity contribution in [1.29, 1.82) is 0 Å². The molecule has 16 heteroatoms. The largest absolute Gasteiger partial charge is 0.466 e. The van der Waals surface area contributed by atoms with Gasteiger partial charge in [-0.3, -0.25) is 19.1 Å². The van der Waals surface area contributed by atoms with Crippen molar-refractivity contribution < 1.29 is 50.2 Å². The summed E-state index contributed by atoms with van der Waals surface area (Å²) in [6.07, 6.45) is -6.24. The predicted molar refractivity (Wildman–Crippen MR) is 127 cm³/mol. The first kappa shape index (κ1) is 27.9. The lowest BCUT2D eigenvalue weighted by molar-refractivity contribution is -0.158. The average molecular weight is 584 g/mol. The summed E-state index contributed by atoms with van der Waals surface area (Å²) in [6.45, 7) is -0.381. The Kier molecular flexibility index (Phi) is 6.87. The first-order chi connectivity index (χ1) is 19.3. The summed E-state index contributed by atoms with van der Waals surface area (Å²) >= 11 is 0. The Morgan fingerprint density at radius 1 is 1.12 bits per heavy atom. The number of methoxy groups -OCH3 is 1. The molecule has 1 aliphatic heterocycles. The monoisotopic (exact) mass is 584 g/mol. The van der Waals surface area contributed by atoms with Crippen molar-refractivity contribution in [2.45, 2.75) is 31.2 Å². The minimum atomic E-state index is -4.83. The highest BCUT2D eigenvalue weighted by Crippen LogP contribution is 2.40. The molecule has 2 aromatic heterocycles. The molecule has 2 aliphatic rings. The van der Waals surface area contributed by atoms with E-state index in [2.05, 4.69) is 9.72 Å². The number of alkyl halides is 3. The van der Waals surface area contributed by atoms with Crippen molar-refractivity contribution in [3.8, 4) is 5.69 Å². The van der Waals surface area contributed by atoms with Crippen LogP contribution in [-0.4, -0.2) is 59.5 Å². The van der Waals surface area contributed by atoms with Crippen molar-refractivity contribution in [2.24, 2.45) is 5.92 Å². The standard InChI is InChI=1S/C25H18F6N4O6/c1-40-23(38)16-9-34(24(39)41-16)17-5-4-12-19(36)13(22(37)33-20(10-2-3-10)25(29,30)31)8-35(21(12)32-17)18-14(27)6-11(26)7-15(18)28/h4-8,10,16,20H,2-3,9H2,1H3,(H,33,37)/t16-,20+/m1/s1. The van der Waals surface area contributed by atoms with Gasteiger partial charge in [-0.05, 0) is 30.9 Å². The number of esters is 1. The zero-order valence-corrected chi connectivity index (χ0v) is 20.8. The normalized spacial score (nSPS) is 17.9. The lowest BCUT2D eigenvalue weighted by atomic mass is 10.1. The molecular formula is C25H18F6N4O6. The average Bonchev–Trinajstić information content (AvgIpc) is 3.66. The van der Waals surface area contributed by atoms with E-state index in [0.717, 1.165) is 24.1 Å². The van der Waals surface area contributed by atoms with Crippen LogP contribution < -0.4 is 15.6 Å². The Hall–Kier alpha value is -4.63. The number of anilines is 1. The molecule has 1 saturated heterocycles. The first-order valence-corrected chi connectivity index (χ1v) is 11.9. The second-order valence-corrected chi connectivity index (χ2v) is 9.34. The Morgan fingerprint density at radius 2 is 1.78 bits per heavy atom. The van der Waals surface area contributed by atoms with Crippen LogP contribution in [-0.2, 0) is 14.3 Å². The number of rotatable bonds is 6. The smallest absolute Gasteiger partial charge is 0.416 e. The van der Waals surface area contributed by atoms with Crippen LogP contribution in [0.3, 0.4) is 0 Å². The first-order valence-electron chi connectivity index (χ1n) is 11.9. The summed E-state index contributed by atoms with van der Waals surface area (Å²) in [4.78, 5) is 55.4. The van der Waals surface area contributed by atoms with Crippen molar-refractivity contribution in [3.05, 3.63) is 63.7 Å². The van der Waals surface area contributed by atoms with E-state index in [1.165, 1.54) is 0 Å². The lowest BCUT2D eigenvalue weighted by Crippen LogP contribution is -2.48. The molecule has 1 aliphatic carbocycles. The van der Waals surface area contributed by atoms with E-state index in [0.29, 0.717) is 22.9 Å². The Labute approximate surface area is 225 Å². The lowest BCUT2D eigenvalue weighted by Gasteiger charge is -2.22. The molecule has 216 valence electrons. The number of hydrogen-bond acceptors (Lipinski definition) is 7. The van der Waals surface area contributed by atoms with Crippen LogP contribution in [0.15, 0.2) is 35.3 Å². The van der Waals surface area contributed by atoms with Crippen LogP contribution in [0.4, 0.5) is 37.0 Å². The van der Waals surface area contributed by atoms with Crippen LogP contribution in [0.2, 0.25) is 0 Å². The van der Waals surface area contributed by atoms with Crippen LogP contribution in [0.5, 0.6) is 0 Å². The third-order valence-electron chi connectivity index (χ3n) is 6.59. The van der Waals surface area contributed by atoms with Gasteiger partial charge in [0.05, 0.1) is 19.0 Å². The van der Waals surface area contributed by atoms with Gasteiger partial charge in [0.2, 0.25) is 11.5 Å². The van der Waals surface area contributed by atoms with Crippen LogP contribution in [0.25, 0.3) is 16.7 Å². The minimum Gasteiger partial charge on any atom is -0.466 e. The number of carbonyl (C=O) groups is 3. The number of fused-ring (bicyclic) bond motifs is 1. The molecule has 5 rings (SSSR count). The highest BCUT2D eigenvalue weighted by molar-refractivity contribution is 5.98. The number of halogens is 6. The fourth-order valence-corrected chi connectivity index (χ4v) is 4.46. The molecule has 3 aromatic rings. The van der Waals surface area contributed by atoms with Gasteiger partial charge >= 0.3 is 18.2 Å². The van der Waals surface area contributed by atoms with Gasteiger partial charge in [-0.15, -0.1) is 0 Å². The van der Waals surface area contributed by atoms with E-state index >= 15 is 0 Å². The van der Waals surface area contributed by atoms with Crippen molar-refractivity contribution >= 4 is 34.8 Å². The van der Waals surface area contributed by atoms with Gasteiger partial charge < -0.3 is 14.8 Å². The van der Waals surface area contributed by atoms with Crippen molar-refractivity contribution in [1.82, 2.24) is 14.9 Å². The fourth-order valence-electron chi connectivity index (χ4n) is 4.46. The topological polar surface area (TPSA) is 120 Å². The number of aromatic nitrogens is 2. The molecule has 3 heterocycles. The van der Waals surface area contributed by atoms with Gasteiger partial charge in [0.1, 0.15) is 28.9 Å². The van der Waals surface area contributed by atoms with E-state index in [1.807, 2.05) is 0 Å². The third kappa shape index (κ3) is 5.16. The van der Waals surface area contributed by atoms with E-state index in [-0.39, 0.29) is 25.2 Å². The van der Waals surface area contributed by atoms with E-state index in [4.69, 9.17) is 4.74 Å². The number of pyridine rings is 2. The molecule has 0 spiro atoms. The molecule has 1 N–H and O–H groups in total. The van der Waals surface area contributed by atoms with E-state index in [9.17, 15) is 45.5 Å². The molecule has 2 fully saturated rings. The number of cyclic esters (lactones) is 1. The summed E-state index contributed by atoms with van der Waals surface area (Å²) in [5, 5.41) is 1.31. The predicted octanol–water partition coefficient (Wildman–Crippen LogP) is 3.37. The molecule has 1 aromatic carbocycles. The number of nitrogens with zero attached hydrogens (tertiary/aromatic N) is 3. The van der Waals surface area contributed by atoms with E-state index < -0.39 is 87.4 Å². The summed E-state index contributed by atoms with van der Waals surface area (Å²) in [6, 6.07) is 0.460. The molecule has 2 amide bonds. The minimum absolute atomic E-state index is 0.195. The fraction of sp³-hybridized carbons (Fsp3) is 0.320. The number of hydrogen-bond donors (Lipinski definition) is 1. The molecule has 0 unspecified atom stereocenters. The van der Waals surface area contributed by atoms with Gasteiger partial charge in [-0.25, -0.2) is 27.7 Å². The van der Waals surface area contributed by atoms with Crippen LogP contribution >= 0.6 is 0 Å². The summed E-state index contributed by atoms with van der Waals surface area (Å²) < 4.78 is 94.1. The number of ether oxygens (including phenoxy) is 2. The van der Waals surface area contributed by atoms with Gasteiger partial charge in [-0.2, -0.15) is 13.2 Å². The zero-order valence-electron chi connectivity index (χ0n) is 20.8. The van der Waals surface area contributed by atoms with Crippen molar-refractivity contribution in [2.75, 3.05) is 18.6 Å². The zero-order chi connectivity index (χ0) is 29.8. The van der Waals surface area contributed by atoms with Crippen molar-refractivity contribution in [3.63, 3.8) is 0 Å². The van der Waals surface area contributed by atoms with Gasteiger partial charge in [0, 0.05) is 18.3 Å². The summed E-state index contributed by atoms with van der Waals surface area (Å²) in [7, 11) is 1.06. The maximum absolute atomic E-state index is 14.9. The van der Waals surface area contributed by atoms with Crippen LogP contribution in [0, 0.1) is 23.4 Å². The Bertz CT molecular complexity index is 1630. The van der Waals surface area contributed by atoms with Gasteiger partial charge in [0.25, 0.3) is 5.91 Å². The molecule has 0 radical (unpaired) electrons. The highest BCUT2D eigenvalue weighted by Gasteiger charge is 2.50. The number of benzene rings is 1. The third-order valence-corrected chi connectivity index (χ3v) is 6.59. The number of carbonyl (C=O) groups excluding carboxylic acids is 3. The molecule has 10 nitrogen and oxygen atoms in total.